The Bertz CT molecular complexity index is 591. The number of amides is 1. The highest BCUT2D eigenvalue weighted by Crippen LogP contribution is 2.27. The smallest absolute Gasteiger partial charge is 0.410 e. The molecule has 23 heavy (non-hydrogen) atoms. The molecule has 0 aliphatic carbocycles. The number of aromatic nitrogens is 2. The minimum Gasteiger partial charge on any atom is -0.461 e. The van der Waals surface area contributed by atoms with Gasteiger partial charge in [0.05, 0.1) is 24.9 Å². The summed E-state index contributed by atoms with van der Waals surface area (Å²) in [4.78, 5) is 25.8. The van der Waals surface area contributed by atoms with Crippen LogP contribution in [0.5, 0.6) is 0 Å². The molecule has 128 valence electrons. The molecule has 1 aliphatic heterocycles. The lowest BCUT2D eigenvalue weighted by atomic mass is 10.1. The lowest BCUT2D eigenvalue weighted by molar-refractivity contribution is 0.0108. The molecular formula is C15H24N4O4. The largest absolute Gasteiger partial charge is 0.461 e. The van der Waals surface area contributed by atoms with Crippen LogP contribution in [0.3, 0.4) is 0 Å². The first kappa shape index (κ1) is 17.3. The highest BCUT2D eigenvalue weighted by molar-refractivity contribution is 5.87. The molecule has 1 unspecified atom stereocenters. The van der Waals surface area contributed by atoms with Gasteiger partial charge in [-0.2, -0.15) is 5.10 Å². The number of hydrogen-bond donors (Lipinski definition) is 1. The lowest BCUT2D eigenvalue weighted by Crippen LogP contribution is -2.47. The van der Waals surface area contributed by atoms with Crippen LogP contribution in [-0.4, -0.2) is 52.0 Å². The molecule has 0 bridgehead atoms. The summed E-state index contributed by atoms with van der Waals surface area (Å²) in [6.45, 7) is 8.58. The highest BCUT2D eigenvalue weighted by atomic mass is 16.6. The van der Waals surface area contributed by atoms with Crippen molar-refractivity contribution in [2.24, 2.45) is 5.73 Å². The predicted molar refractivity (Wildman–Crippen MR) is 82.9 cm³/mol. The summed E-state index contributed by atoms with van der Waals surface area (Å²) in [7, 11) is 0. The van der Waals surface area contributed by atoms with Gasteiger partial charge in [0.25, 0.3) is 0 Å². The number of nitrogens with two attached hydrogens (primary N) is 1. The normalized spacial score (nSPS) is 17.6. The first-order valence-corrected chi connectivity index (χ1v) is 7.71. The number of carbonyl (C=O) groups is 2. The number of nitrogens with zero attached hydrogens (tertiary/aromatic N) is 3. The summed E-state index contributed by atoms with van der Waals surface area (Å²) in [5.74, 6) is -0.478. The van der Waals surface area contributed by atoms with Crippen LogP contribution in [0.2, 0.25) is 0 Å². The van der Waals surface area contributed by atoms with Crippen LogP contribution in [0.15, 0.2) is 6.07 Å². The fourth-order valence-corrected chi connectivity index (χ4v) is 2.49. The SMILES string of the molecule is CCOC(=O)c1cc2n(n1)CCN(C(=O)OC(C)(C)C)C2CN. The Morgan fingerprint density at radius 3 is 2.65 bits per heavy atom. The molecule has 0 fully saturated rings. The molecule has 0 spiro atoms. The van der Waals surface area contributed by atoms with E-state index in [0.29, 0.717) is 18.8 Å². The molecule has 8 heteroatoms. The van der Waals surface area contributed by atoms with Crippen molar-refractivity contribution in [3.05, 3.63) is 17.5 Å². The molecule has 1 amide bonds. The summed E-state index contributed by atoms with van der Waals surface area (Å²) in [5, 5.41) is 4.24. The number of carbonyl (C=O) groups excluding carboxylic acids is 2. The van der Waals surface area contributed by atoms with Gasteiger partial charge >= 0.3 is 12.1 Å². The van der Waals surface area contributed by atoms with Crippen LogP contribution < -0.4 is 5.73 Å². The average molecular weight is 324 g/mol. The molecule has 0 saturated carbocycles. The molecule has 0 radical (unpaired) electrons. The van der Waals surface area contributed by atoms with Crippen molar-refractivity contribution >= 4 is 12.1 Å². The van der Waals surface area contributed by atoms with Gasteiger partial charge in [0.1, 0.15) is 5.60 Å². The summed E-state index contributed by atoms with van der Waals surface area (Å²) in [5.41, 5.74) is 6.21. The maximum Gasteiger partial charge on any atom is 0.410 e. The van der Waals surface area contributed by atoms with E-state index in [0.717, 1.165) is 0 Å². The first-order chi connectivity index (χ1) is 10.8. The summed E-state index contributed by atoms with van der Waals surface area (Å²) in [6.07, 6.45) is -0.418. The zero-order valence-electron chi connectivity index (χ0n) is 14.0. The van der Waals surface area contributed by atoms with Crippen molar-refractivity contribution in [3.63, 3.8) is 0 Å². The third-order valence-corrected chi connectivity index (χ3v) is 3.42. The quantitative estimate of drug-likeness (QED) is 0.842. The van der Waals surface area contributed by atoms with E-state index in [9.17, 15) is 9.59 Å². The van der Waals surface area contributed by atoms with Crippen molar-refractivity contribution in [2.75, 3.05) is 19.7 Å². The molecule has 2 heterocycles. The number of fused-ring (bicyclic) bond motifs is 1. The lowest BCUT2D eigenvalue weighted by Gasteiger charge is -2.36. The van der Waals surface area contributed by atoms with Crippen molar-refractivity contribution < 1.29 is 19.1 Å². The van der Waals surface area contributed by atoms with E-state index in [4.69, 9.17) is 15.2 Å². The number of rotatable bonds is 3. The number of esters is 1. The van der Waals surface area contributed by atoms with E-state index in [1.165, 1.54) is 0 Å². The van der Waals surface area contributed by atoms with Gasteiger partial charge in [0, 0.05) is 13.1 Å². The molecule has 1 atom stereocenters. The van der Waals surface area contributed by atoms with E-state index in [-0.39, 0.29) is 24.9 Å². The Morgan fingerprint density at radius 1 is 1.39 bits per heavy atom. The fraction of sp³-hybridized carbons (Fsp3) is 0.667. The topological polar surface area (TPSA) is 99.7 Å². The number of hydrogen-bond acceptors (Lipinski definition) is 6. The van der Waals surface area contributed by atoms with Gasteiger partial charge in [-0.15, -0.1) is 0 Å². The van der Waals surface area contributed by atoms with Crippen LogP contribution in [0.25, 0.3) is 0 Å². The molecule has 2 rings (SSSR count). The summed E-state index contributed by atoms with van der Waals surface area (Å²) >= 11 is 0. The van der Waals surface area contributed by atoms with Gasteiger partial charge in [-0.25, -0.2) is 9.59 Å². The fourth-order valence-electron chi connectivity index (χ4n) is 2.49. The Morgan fingerprint density at radius 2 is 2.09 bits per heavy atom. The van der Waals surface area contributed by atoms with E-state index in [2.05, 4.69) is 5.10 Å². The van der Waals surface area contributed by atoms with Crippen molar-refractivity contribution in [2.45, 2.75) is 45.9 Å². The molecule has 1 aromatic heterocycles. The van der Waals surface area contributed by atoms with Gasteiger partial charge in [0.2, 0.25) is 0 Å². The predicted octanol–water partition coefficient (Wildman–Crippen LogP) is 1.31. The van der Waals surface area contributed by atoms with E-state index in [1.807, 2.05) is 20.8 Å². The maximum absolute atomic E-state index is 12.4. The zero-order chi connectivity index (χ0) is 17.2. The monoisotopic (exact) mass is 324 g/mol. The van der Waals surface area contributed by atoms with Crippen LogP contribution in [0, 0.1) is 0 Å². The van der Waals surface area contributed by atoms with E-state index >= 15 is 0 Å². The Hall–Kier alpha value is -2.09. The maximum atomic E-state index is 12.4. The summed E-state index contributed by atoms with van der Waals surface area (Å²) in [6, 6.07) is 1.25. The second-order valence-electron chi connectivity index (χ2n) is 6.32. The molecule has 1 aromatic rings. The van der Waals surface area contributed by atoms with Crippen LogP contribution in [0.1, 0.15) is 49.9 Å². The standard InChI is InChI=1S/C15H24N4O4/c1-5-22-13(20)10-8-11-12(9-16)18(6-7-19(11)17-10)14(21)23-15(2,3)4/h8,12H,5-7,9,16H2,1-4H3. The molecule has 1 aliphatic rings. The van der Waals surface area contributed by atoms with Gasteiger partial charge in [-0.05, 0) is 33.8 Å². The number of ether oxygens (including phenoxy) is 2. The third kappa shape index (κ3) is 3.82. The highest BCUT2D eigenvalue weighted by Gasteiger charge is 2.34. The van der Waals surface area contributed by atoms with E-state index < -0.39 is 17.7 Å². The second kappa shape index (κ2) is 6.57. The van der Waals surface area contributed by atoms with Crippen LogP contribution in [0.4, 0.5) is 4.79 Å². The Labute approximate surface area is 135 Å². The minimum absolute atomic E-state index is 0.215. The van der Waals surface area contributed by atoms with Crippen molar-refractivity contribution in [1.29, 1.82) is 0 Å². The Kier molecular flexibility index (Phi) is 4.93. The molecule has 8 nitrogen and oxygen atoms in total. The first-order valence-electron chi connectivity index (χ1n) is 7.71. The van der Waals surface area contributed by atoms with Gasteiger partial charge in [-0.3, -0.25) is 9.58 Å². The molecule has 2 N–H and O–H groups in total. The zero-order valence-corrected chi connectivity index (χ0v) is 14.0. The molecule has 0 aromatic carbocycles. The van der Waals surface area contributed by atoms with Gasteiger partial charge in [-0.1, -0.05) is 0 Å². The minimum atomic E-state index is -0.579. The van der Waals surface area contributed by atoms with Gasteiger partial charge < -0.3 is 15.2 Å². The van der Waals surface area contributed by atoms with Crippen LogP contribution in [-0.2, 0) is 16.0 Å². The van der Waals surface area contributed by atoms with E-state index in [1.54, 1.807) is 22.6 Å². The van der Waals surface area contributed by atoms with Crippen molar-refractivity contribution in [1.82, 2.24) is 14.7 Å². The van der Waals surface area contributed by atoms with Crippen LogP contribution >= 0.6 is 0 Å². The second-order valence-corrected chi connectivity index (χ2v) is 6.32. The third-order valence-electron chi connectivity index (χ3n) is 3.42. The molecule has 0 saturated heterocycles. The van der Waals surface area contributed by atoms with Gasteiger partial charge in [0.15, 0.2) is 5.69 Å². The molecular weight excluding hydrogens is 300 g/mol. The van der Waals surface area contributed by atoms with Crippen molar-refractivity contribution in [3.8, 4) is 0 Å². The summed E-state index contributed by atoms with van der Waals surface area (Å²) < 4.78 is 12.1. The average Bonchev–Trinajstić information content (AvgIpc) is 2.88. The Balaban J connectivity index is 2.24.